The van der Waals surface area contributed by atoms with Gasteiger partial charge in [-0.25, -0.2) is 9.69 Å². The van der Waals surface area contributed by atoms with E-state index in [0.29, 0.717) is 18.2 Å². The topological polar surface area (TPSA) is 58.3 Å². The summed E-state index contributed by atoms with van der Waals surface area (Å²) in [6, 6.07) is 20.2. The fraction of sp³-hybridized carbons (Fsp3) is 0.143. The molecule has 1 aromatic heterocycles. The van der Waals surface area contributed by atoms with Crippen molar-refractivity contribution in [3.05, 3.63) is 89.8 Å². The van der Waals surface area contributed by atoms with Crippen LogP contribution in [0, 0.1) is 0 Å². The predicted molar refractivity (Wildman–Crippen MR) is 117 cm³/mol. The summed E-state index contributed by atoms with van der Waals surface area (Å²) < 4.78 is 1.81. The van der Waals surface area contributed by atoms with Crippen LogP contribution in [0.15, 0.2) is 78.0 Å². The maximum Gasteiger partial charge on any atom is 0.189 e. The number of hydrogen-bond acceptors (Lipinski definition) is 4. The van der Waals surface area contributed by atoms with Gasteiger partial charge in [-0.15, -0.1) is 5.10 Å². The Morgan fingerprint density at radius 3 is 2.50 bits per heavy atom. The van der Waals surface area contributed by atoms with Crippen LogP contribution >= 0.6 is 12.2 Å². The Kier molecular flexibility index (Phi) is 7.03. The molecule has 0 saturated heterocycles. The summed E-state index contributed by atoms with van der Waals surface area (Å²) in [4.78, 5) is 0. The van der Waals surface area contributed by atoms with Gasteiger partial charge in [0.25, 0.3) is 0 Å². The first-order valence-corrected chi connectivity index (χ1v) is 9.32. The zero-order valence-corrected chi connectivity index (χ0v) is 16.5. The van der Waals surface area contributed by atoms with E-state index in [1.807, 2.05) is 66.9 Å². The van der Waals surface area contributed by atoms with E-state index in [9.17, 15) is 0 Å². The highest BCUT2D eigenvalue weighted by Crippen LogP contribution is 2.03. The van der Waals surface area contributed by atoms with Crippen molar-refractivity contribution in [1.82, 2.24) is 25.3 Å². The number of thiocarbonyl (C=S) groups is 1. The number of nitrogens with one attached hydrogen (secondary N) is 1. The molecule has 6 nitrogen and oxygen atoms in total. The van der Waals surface area contributed by atoms with Crippen molar-refractivity contribution in [2.24, 2.45) is 5.10 Å². The molecule has 0 aliphatic carbocycles. The Labute approximate surface area is 170 Å². The Bertz CT molecular complexity index is 934. The van der Waals surface area contributed by atoms with Gasteiger partial charge in [-0.05, 0) is 35.5 Å². The lowest BCUT2D eigenvalue weighted by atomic mass is 10.2. The van der Waals surface area contributed by atoms with Crippen molar-refractivity contribution < 1.29 is 0 Å². The molecule has 0 fully saturated rings. The van der Waals surface area contributed by atoms with Gasteiger partial charge in [-0.3, -0.25) is 0 Å². The molecule has 1 N–H and O–H groups in total. The fourth-order valence-corrected chi connectivity index (χ4v) is 2.58. The molecular weight excluding hydrogens is 368 g/mol. The molecule has 2 aromatic carbocycles. The quantitative estimate of drug-likeness (QED) is 0.381. The van der Waals surface area contributed by atoms with Gasteiger partial charge >= 0.3 is 0 Å². The van der Waals surface area contributed by atoms with E-state index in [1.165, 1.54) is 11.1 Å². The molecule has 3 rings (SSSR count). The first-order valence-electron chi connectivity index (χ1n) is 8.91. The summed E-state index contributed by atoms with van der Waals surface area (Å²) in [5, 5.41) is 17.9. The molecule has 1 heterocycles. The molecule has 142 valence electrons. The lowest BCUT2D eigenvalue weighted by Crippen LogP contribution is -2.33. The summed E-state index contributed by atoms with van der Waals surface area (Å²) in [6.45, 7) is 1.36. The van der Waals surface area contributed by atoms with Crippen LogP contribution in [0.2, 0.25) is 0 Å². The number of hydrazone groups is 1. The zero-order valence-electron chi connectivity index (χ0n) is 15.6. The van der Waals surface area contributed by atoms with Gasteiger partial charge in [0, 0.05) is 19.8 Å². The molecule has 0 saturated carbocycles. The second-order valence-electron chi connectivity index (χ2n) is 6.12. The van der Waals surface area contributed by atoms with E-state index in [4.69, 9.17) is 12.2 Å². The van der Waals surface area contributed by atoms with Gasteiger partial charge in [0.2, 0.25) is 0 Å². The lowest BCUT2D eigenvalue weighted by Gasteiger charge is -2.15. The van der Waals surface area contributed by atoms with E-state index >= 15 is 0 Å². The Morgan fingerprint density at radius 1 is 1.11 bits per heavy atom. The summed E-state index contributed by atoms with van der Waals surface area (Å²) in [5.74, 6) is 0. The van der Waals surface area contributed by atoms with Crippen LogP contribution in [0.25, 0.3) is 6.08 Å². The van der Waals surface area contributed by atoms with Crippen LogP contribution in [-0.4, -0.2) is 38.4 Å². The molecule has 7 heteroatoms. The fourth-order valence-electron chi connectivity index (χ4n) is 2.46. The molecule has 0 aliphatic heterocycles. The largest absolute Gasteiger partial charge is 0.357 e. The van der Waals surface area contributed by atoms with Crippen LogP contribution in [-0.2, 0) is 13.1 Å². The number of nitrogens with zero attached hydrogens (tertiary/aromatic N) is 5. The summed E-state index contributed by atoms with van der Waals surface area (Å²) in [7, 11) is 1.81. The van der Waals surface area contributed by atoms with Crippen molar-refractivity contribution in [2.75, 3.05) is 7.05 Å². The lowest BCUT2D eigenvalue weighted by molar-refractivity contribution is 0.532. The molecule has 0 amide bonds. The highest BCUT2D eigenvalue weighted by atomic mass is 32.1. The highest BCUT2D eigenvalue weighted by molar-refractivity contribution is 7.80. The van der Waals surface area contributed by atoms with Crippen LogP contribution in [0.3, 0.4) is 0 Å². The standard InChI is InChI=1S/C21H22N6S/c1-26(21(28)22-15-18-9-4-2-5-10-18)23-14-8-13-20-17-27(25-24-20)16-19-11-6-3-7-12-19/h2-14,17H,15-16H2,1H3,(H,22,28)/b13-8+,23-14-. The van der Waals surface area contributed by atoms with Crippen molar-refractivity contribution in [3.8, 4) is 0 Å². The Morgan fingerprint density at radius 2 is 1.79 bits per heavy atom. The Balaban J connectivity index is 1.45. The normalized spacial score (nSPS) is 11.2. The number of allylic oxidation sites excluding steroid dienone is 1. The van der Waals surface area contributed by atoms with E-state index < -0.39 is 0 Å². The van der Waals surface area contributed by atoms with Gasteiger partial charge in [0.05, 0.1) is 12.7 Å². The minimum Gasteiger partial charge on any atom is -0.357 e. The monoisotopic (exact) mass is 390 g/mol. The van der Waals surface area contributed by atoms with Crippen LogP contribution in [0.4, 0.5) is 0 Å². The minimum absolute atomic E-state index is 0.558. The second-order valence-corrected chi connectivity index (χ2v) is 6.50. The van der Waals surface area contributed by atoms with Gasteiger partial charge in [-0.2, -0.15) is 5.10 Å². The maximum atomic E-state index is 5.34. The van der Waals surface area contributed by atoms with Crippen molar-refractivity contribution >= 4 is 29.6 Å². The number of hydrogen-bond donors (Lipinski definition) is 1. The molecule has 0 spiro atoms. The van der Waals surface area contributed by atoms with E-state index in [0.717, 1.165) is 5.69 Å². The average molecular weight is 391 g/mol. The summed E-state index contributed by atoms with van der Waals surface area (Å²) >= 11 is 5.34. The van der Waals surface area contributed by atoms with E-state index in [1.54, 1.807) is 23.0 Å². The number of rotatable bonds is 7. The average Bonchev–Trinajstić information content (AvgIpc) is 3.18. The summed E-state index contributed by atoms with van der Waals surface area (Å²) in [6.07, 6.45) is 7.24. The molecule has 3 aromatic rings. The molecule has 0 atom stereocenters. The third-order valence-corrected chi connectivity index (χ3v) is 4.33. The molecule has 0 aliphatic rings. The predicted octanol–water partition coefficient (Wildman–Crippen LogP) is 3.33. The van der Waals surface area contributed by atoms with Gasteiger partial charge in [0.1, 0.15) is 5.69 Å². The third kappa shape index (κ3) is 6.14. The molecule has 0 radical (unpaired) electrons. The van der Waals surface area contributed by atoms with E-state index in [2.05, 4.69) is 32.9 Å². The molecular formula is C21H22N6S. The van der Waals surface area contributed by atoms with Crippen molar-refractivity contribution in [3.63, 3.8) is 0 Å². The van der Waals surface area contributed by atoms with Crippen molar-refractivity contribution in [2.45, 2.75) is 13.1 Å². The summed E-state index contributed by atoms with van der Waals surface area (Å²) in [5.41, 5.74) is 3.12. The maximum absolute atomic E-state index is 5.34. The van der Waals surface area contributed by atoms with Gasteiger partial charge in [-0.1, -0.05) is 65.9 Å². The SMILES string of the molecule is CN(/N=C\C=C\c1cn(Cc2ccccc2)nn1)C(=S)NCc1ccccc1. The number of aromatic nitrogens is 3. The Hall–Kier alpha value is -3.32. The molecule has 0 bridgehead atoms. The number of benzene rings is 2. The van der Waals surface area contributed by atoms with Crippen LogP contribution in [0.5, 0.6) is 0 Å². The van der Waals surface area contributed by atoms with Crippen molar-refractivity contribution in [1.29, 1.82) is 0 Å². The molecule has 0 unspecified atom stereocenters. The first-order chi connectivity index (χ1) is 13.7. The smallest absolute Gasteiger partial charge is 0.189 e. The van der Waals surface area contributed by atoms with E-state index in [-0.39, 0.29) is 0 Å². The van der Waals surface area contributed by atoms with Gasteiger partial charge < -0.3 is 5.32 Å². The third-order valence-electron chi connectivity index (χ3n) is 3.92. The second kappa shape index (κ2) is 10.1. The van der Waals surface area contributed by atoms with Gasteiger partial charge in [0.15, 0.2) is 5.11 Å². The zero-order chi connectivity index (χ0) is 19.6. The first kappa shape index (κ1) is 19.4. The molecule has 28 heavy (non-hydrogen) atoms. The van der Waals surface area contributed by atoms with Crippen LogP contribution in [0.1, 0.15) is 16.8 Å². The highest BCUT2D eigenvalue weighted by Gasteiger charge is 2.01. The minimum atomic E-state index is 0.558. The van der Waals surface area contributed by atoms with Crippen LogP contribution < -0.4 is 5.32 Å².